The molecule has 0 spiro atoms. The van der Waals surface area contributed by atoms with Crippen LogP contribution in [0.3, 0.4) is 0 Å². The highest BCUT2D eigenvalue weighted by Crippen LogP contribution is 2.24. The lowest BCUT2D eigenvalue weighted by molar-refractivity contribution is 0.411. The van der Waals surface area contributed by atoms with E-state index in [0.29, 0.717) is 6.54 Å². The van der Waals surface area contributed by atoms with Crippen molar-refractivity contribution >= 4 is 11.5 Å². The summed E-state index contributed by atoms with van der Waals surface area (Å²) >= 11 is 0. The van der Waals surface area contributed by atoms with Crippen LogP contribution >= 0.6 is 0 Å². The summed E-state index contributed by atoms with van der Waals surface area (Å²) in [7, 11) is 1.94. The highest BCUT2D eigenvalue weighted by Gasteiger charge is 2.13. The average molecular weight is 323 g/mol. The maximum Gasteiger partial charge on any atom is 0.157 e. The summed E-state index contributed by atoms with van der Waals surface area (Å²) in [5.41, 5.74) is 3.14. The molecule has 7 heteroatoms. The first-order valence-electron chi connectivity index (χ1n) is 7.42. The van der Waals surface area contributed by atoms with Crippen LogP contribution in [-0.4, -0.2) is 26.8 Å². The molecule has 0 amide bonds. The first kappa shape index (κ1) is 14.4. The van der Waals surface area contributed by atoms with Crippen molar-refractivity contribution in [3.05, 3.63) is 66.4 Å². The van der Waals surface area contributed by atoms with Crippen LogP contribution in [0, 0.1) is 5.82 Å². The number of hydrogen-bond acceptors (Lipinski definition) is 5. The van der Waals surface area contributed by atoms with Gasteiger partial charge in [-0.25, -0.2) is 9.37 Å². The predicted octanol–water partition coefficient (Wildman–Crippen LogP) is 3.16. The number of hydrogen-bond donors (Lipinski definition) is 0. The maximum atomic E-state index is 13.2. The van der Waals surface area contributed by atoms with Crippen LogP contribution in [0.2, 0.25) is 0 Å². The minimum absolute atomic E-state index is 0.271. The first-order valence-corrected chi connectivity index (χ1v) is 7.42. The van der Waals surface area contributed by atoms with Gasteiger partial charge in [-0.3, -0.25) is 0 Å². The van der Waals surface area contributed by atoms with E-state index in [1.807, 2.05) is 30.1 Å². The Bertz CT molecular complexity index is 962. The number of halogens is 1. The average Bonchev–Trinajstić information content (AvgIpc) is 3.25. The molecule has 0 aliphatic rings. The Labute approximate surface area is 137 Å². The zero-order chi connectivity index (χ0) is 16.5. The smallest absolute Gasteiger partial charge is 0.157 e. The molecule has 0 bridgehead atoms. The number of nitrogens with zero attached hydrogens (tertiary/aromatic N) is 5. The highest BCUT2D eigenvalue weighted by molar-refractivity contribution is 5.66. The fourth-order valence-electron chi connectivity index (χ4n) is 2.58. The lowest BCUT2D eigenvalue weighted by Crippen LogP contribution is -2.20. The molecule has 0 unspecified atom stereocenters. The van der Waals surface area contributed by atoms with Crippen LogP contribution in [0.15, 0.2) is 59.4 Å². The minimum Gasteiger partial charge on any atom is -0.364 e. The van der Waals surface area contributed by atoms with Gasteiger partial charge in [-0.2, -0.15) is 9.61 Å². The quantitative estimate of drug-likeness (QED) is 0.577. The third kappa shape index (κ3) is 2.60. The molecular formula is C17H14FN5O. The zero-order valence-corrected chi connectivity index (χ0v) is 12.9. The first-order chi connectivity index (χ1) is 11.7. The molecule has 4 aromatic rings. The molecule has 120 valence electrons. The molecule has 0 radical (unpaired) electrons. The van der Waals surface area contributed by atoms with Crippen LogP contribution in [0.1, 0.15) is 5.69 Å². The second-order valence-electron chi connectivity index (χ2n) is 5.45. The van der Waals surface area contributed by atoms with Crippen LogP contribution in [0.5, 0.6) is 0 Å². The molecule has 0 N–H and O–H groups in total. The van der Waals surface area contributed by atoms with Gasteiger partial charge in [-0.05, 0) is 24.3 Å². The number of benzene rings is 1. The third-order valence-corrected chi connectivity index (χ3v) is 3.76. The van der Waals surface area contributed by atoms with E-state index in [0.717, 1.165) is 28.4 Å². The van der Waals surface area contributed by atoms with E-state index in [2.05, 4.69) is 15.2 Å². The van der Waals surface area contributed by atoms with E-state index in [1.54, 1.807) is 29.1 Å². The van der Waals surface area contributed by atoms with Crippen molar-refractivity contribution < 1.29 is 8.91 Å². The van der Waals surface area contributed by atoms with E-state index in [4.69, 9.17) is 4.52 Å². The van der Waals surface area contributed by atoms with Gasteiger partial charge in [0.1, 0.15) is 23.6 Å². The number of rotatable bonds is 4. The molecule has 0 saturated carbocycles. The van der Waals surface area contributed by atoms with E-state index in [-0.39, 0.29) is 5.82 Å². The van der Waals surface area contributed by atoms with Crippen molar-refractivity contribution in [3.63, 3.8) is 0 Å². The Morgan fingerprint density at radius 3 is 2.75 bits per heavy atom. The van der Waals surface area contributed by atoms with Gasteiger partial charge in [0.15, 0.2) is 5.65 Å². The van der Waals surface area contributed by atoms with Gasteiger partial charge in [0, 0.05) is 30.8 Å². The van der Waals surface area contributed by atoms with Gasteiger partial charge in [0.05, 0.1) is 18.4 Å². The summed E-state index contributed by atoms with van der Waals surface area (Å²) < 4.78 is 19.8. The number of aromatic nitrogens is 4. The molecule has 24 heavy (non-hydrogen) atoms. The van der Waals surface area contributed by atoms with Gasteiger partial charge in [0.2, 0.25) is 0 Å². The summed E-state index contributed by atoms with van der Waals surface area (Å²) in [5.74, 6) is 0.583. The third-order valence-electron chi connectivity index (χ3n) is 3.76. The summed E-state index contributed by atoms with van der Waals surface area (Å²) in [5, 5.41) is 8.26. The molecule has 0 aliphatic carbocycles. The SMILES string of the molecule is CN(Cc1ccon1)c1cc(-c2ccc(F)cc2)nc2ccnn12. The van der Waals surface area contributed by atoms with Crippen LogP contribution in [0.25, 0.3) is 16.9 Å². The standard InChI is InChI=1S/C17H14FN5O/c1-22(11-14-7-9-24-21-14)17-10-15(12-2-4-13(18)5-3-12)20-16-6-8-19-23(16)17/h2-10H,11H2,1H3. The summed E-state index contributed by atoms with van der Waals surface area (Å²) in [4.78, 5) is 6.60. The molecule has 0 atom stereocenters. The van der Waals surface area contributed by atoms with Crippen molar-refractivity contribution in [1.82, 2.24) is 19.8 Å². The molecule has 0 saturated heterocycles. The Balaban J connectivity index is 1.78. The van der Waals surface area contributed by atoms with Crippen LogP contribution < -0.4 is 4.90 Å². The fourth-order valence-corrected chi connectivity index (χ4v) is 2.58. The van der Waals surface area contributed by atoms with Gasteiger partial charge in [-0.15, -0.1) is 0 Å². The van der Waals surface area contributed by atoms with Crippen molar-refractivity contribution in [2.75, 3.05) is 11.9 Å². The largest absolute Gasteiger partial charge is 0.364 e. The van der Waals surface area contributed by atoms with Crippen molar-refractivity contribution in [3.8, 4) is 11.3 Å². The van der Waals surface area contributed by atoms with Crippen molar-refractivity contribution in [2.24, 2.45) is 0 Å². The second kappa shape index (κ2) is 5.77. The summed E-state index contributed by atoms with van der Waals surface area (Å²) in [6, 6.07) is 11.9. The lowest BCUT2D eigenvalue weighted by atomic mass is 10.1. The lowest BCUT2D eigenvalue weighted by Gasteiger charge is -2.19. The number of anilines is 1. The molecule has 0 fully saturated rings. The van der Waals surface area contributed by atoms with Gasteiger partial charge < -0.3 is 9.42 Å². The van der Waals surface area contributed by atoms with Crippen molar-refractivity contribution in [1.29, 1.82) is 0 Å². The minimum atomic E-state index is -0.271. The zero-order valence-electron chi connectivity index (χ0n) is 12.9. The van der Waals surface area contributed by atoms with E-state index in [1.165, 1.54) is 12.1 Å². The summed E-state index contributed by atoms with van der Waals surface area (Å²) in [6.07, 6.45) is 3.24. The molecule has 0 aliphatic heterocycles. The van der Waals surface area contributed by atoms with Crippen LogP contribution in [0.4, 0.5) is 10.2 Å². The van der Waals surface area contributed by atoms with Crippen LogP contribution in [-0.2, 0) is 6.54 Å². The maximum absolute atomic E-state index is 13.2. The number of fused-ring (bicyclic) bond motifs is 1. The molecule has 3 heterocycles. The molecule has 1 aromatic carbocycles. The van der Waals surface area contributed by atoms with Gasteiger partial charge >= 0.3 is 0 Å². The highest BCUT2D eigenvalue weighted by atomic mass is 19.1. The topological polar surface area (TPSA) is 59.5 Å². The molecule has 3 aromatic heterocycles. The Morgan fingerprint density at radius 2 is 2.00 bits per heavy atom. The molecule has 6 nitrogen and oxygen atoms in total. The second-order valence-corrected chi connectivity index (χ2v) is 5.45. The Kier molecular flexibility index (Phi) is 3.45. The monoisotopic (exact) mass is 323 g/mol. The van der Waals surface area contributed by atoms with E-state index < -0.39 is 0 Å². The Hall–Kier alpha value is -3.22. The predicted molar refractivity (Wildman–Crippen MR) is 87.0 cm³/mol. The van der Waals surface area contributed by atoms with E-state index in [9.17, 15) is 4.39 Å². The Morgan fingerprint density at radius 1 is 1.17 bits per heavy atom. The molecule has 4 rings (SSSR count). The fraction of sp³-hybridized carbons (Fsp3) is 0.118. The van der Waals surface area contributed by atoms with E-state index >= 15 is 0 Å². The molecular weight excluding hydrogens is 309 g/mol. The normalized spacial score (nSPS) is 11.1. The van der Waals surface area contributed by atoms with Gasteiger partial charge in [-0.1, -0.05) is 5.16 Å². The van der Waals surface area contributed by atoms with Gasteiger partial charge in [0.25, 0.3) is 0 Å². The summed E-state index contributed by atoms with van der Waals surface area (Å²) in [6.45, 7) is 0.568. The van der Waals surface area contributed by atoms with Crippen molar-refractivity contribution in [2.45, 2.75) is 6.54 Å².